The van der Waals surface area contributed by atoms with Gasteiger partial charge in [0.15, 0.2) is 5.13 Å². The number of nitrogen functional groups attached to an aromatic ring is 1. The van der Waals surface area contributed by atoms with Crippen molar-refractivity contribution in [3.8, 4) is 5.82 Å². The fourth-order valence-electron chi connectivity index (χ4n) is 1.81. The molecule has 0 spiro atoms. The Morgan fingerprint density at radius 1 is 1.38 bits per heavy atom. The van der Waals surface area contributed by atoms with Crippen LogP contribution in [-0.2, 0) is 0 Å². The average Bonchev–Trinajstić information content (AvgIpc) is 3.08. The topological polar surface area (TPSA) is 98.7 Å². The Kier molecular flexibility index (Phi) is 3.36. The molecular formula is C13H12N6OS. The zero-order chi connectivity index (χ0) is 14.8. The van der Waals surface area contributed by atoms with Crippen LogP contribution in [0.1, 0.15) is 16.3 Å². The van der Waals surface area contributed by atoms with Crippen LogP contribution < -0.4 is 11.1 Å². The minimum Gasteiger partial charge on any atom is -0.375 e. The third kappa shape index (κ3) is 2.75. The molecule has 106 valence electrons. The number of hydrogen-bond donors (Lipinski definition) is 2. The molecule has 0 aliphatic heterocycles. The number of pyridine rings is 1. The van der Waals surface area contributed by atoms with E-state index in [1.165, 1.54) is 11.3 Å². The summed E-state index contributed by atoms with van der Waals surface area (Å²) in [6.45, 7) is 1.89. The molecule has 0 bridgehead atoms. The third-order valence-corrected chi connectivity index (χ3v) is 3.51. The van der Waals surface area contributed by atoms with Gasteiger partial charge in [0.05, 0.1) is 11.9 Å². The van der Waals surface area contributed by atoms with E-state index in [0.717, 1.165) is 11.6 Å². The normalized spacial score (nSPS) is 10.5. The van der Waals surface area contributed by atoms with Gasteiger partial charge in [0.25, 0.3) is 5.91 Å². The lowest BCUT2D eigenvalue weighted by Gasteiger charge is -2.06. The van der Waals surface area contributed by atoms with Gasteiger partial charge >= 0.3 is 0 Å². The van der Waals surface area contributed by atoms with Crippen LogP contribution in [0, 0.1) is 6.92 Å². The number of nitrogens with zero attached hydrogens (tertiary/aromatic N) is 4. The quantitative estimate of drug-likeness (QED) is 0.769. The first-order valence-electron chi connectivity index (χ1n) is 6.12. The molecule has 0 fully saturated rings. The van der Waals surface area contributed by atoms with Crippen LogP contribution in [0.2, 0.25) is 0 Å². The number of carbonyl (C=O) groups excluding carboxylic acids is 1. The Morgan fingerprint density at radius 2 is 2.24 bits per heavy atom. The molecule has 3 aromatic rings. The van der Waals surface area contributed by atoms with Crippen LogP contribution in [0.3, 0.4) is 0 Å². The van der Waals surface area contributed by atoms with Crippen LogP contribution in [0.25, 0.3) is 5.82 Å². The summed E-state index contributed by atoms with van der Waals surface area (Å²) in [5.74, 6) is 1.27. The number of anilines is 2. The van der Waals surface area contributed by atoms with Crippen molar-refractivity contribution in [2.75, 3.05) is 11.1 Å². The van der Waals surface area contributed by atoms with Crippen molar-refractivity contribution in [2.24, 2.45) is 0 Å². The van der Waals surface area contributed by atoms with E-state index in [-0.39, 0.29) is 5.91 Å². The molecule has 0 aromatic carbocycles. The maximum absolute atomic E-state index is 11.9. The van der Waals surface area contributed by atoms with Crippen LogP contribution in [0.15, 0.2) is 36.1 Å². The van der Waals surface area contributed by atoms with Gasteiger partial charge in [-0.15, -0.1) is 11.3 Å². The van der Waals surface area contributed by atoms with Crippen LogP contribution in [0.5, 0.6) is 0 Å². The highest BCUT2D eigenvalue weighted by Gasteiger charge is 2.10. The highest BCUT2D eigenvalue weighted by atomic mass is 32.1. The summed E-state index contributed by atoms with van der Waals surface area (Å²) in [5, 5.41) is 4.70. The fourth-order valence-corrected chi connectivity index (χ4v) is 2.35. The summed E-state index contributed by atoms with van der Waals surface area (Å²) in [4.78, 5) is 24.3. The van der Waals surface area contributed by atoms with E-state index in [0.29, 0.717) is 16.5 Å². The molecule has 0 aliphatic carbocycles. The fraction of sp³-hybridized carbons (Fsp3) is 0.0769. The van der Waals surface area contributed by atoms with Crippen molar-refractivity contribution < 1.29 is 4.79 Å². The average molecular weight is 300 g/mol. The lowest BCUT2D eigenvalue weighted by Crippen LogP contribution is -2.12. The molecule has 0 saturated heterocycles. The molecule has 3 N–H and O–H groups in total. The van der Waals surface area contributed by atoms with Gasteiger partial charge in [-0.3, -0.25) is 9.36 Å². The standard InChI is InChI=1S/C13H12N6OS/c1-8-15-4-5-19(8)11-3-2-9(6-16-11)17-12(20)10-7-21-13(14)18-10/h2-7H,1H3,(H2,14,18)(H,17,20). The zero-order valence-electron chi connectivity index (χ0n) is 11.1. The van der Waals surface area contributed by atoms with E-state index < -0.39 is 0 Å². The predicted octanol–water partition coefficient (Wildman–Crippen LogP) is 1.87. The summed E-state index contributed by atoms with van der Waals surface area (Å²) in [5.41, 5.74) is 6.39. The minimum atomic E-state index is -0.309. The first-order valence-corrected chi connectivity index (χ1v) is 7.00. The second kappa shape index (κ2) is 5.33. The van der Waals surface area contributed by atoms with Crippen molar-refractivity contribution in [1.29, 1.82) is 0 Å². The highest BCUT2D eigenvalue weighted by molar-refractivity contribution is 7.13. The van der Waals surface area contributed by atoms with E-state index in [1.54, 1.807) is 29.9 Å². The van der Waals surface area contributed by atoms with Gasteiger partial charge < -0.3 is 11.1 Å². The Labute approximate surface area is 124 Å². The Hall–Kier alpha value is -2.74. The summed E-state index contributed by atoms with van der Waals surface area (Å²) in [6.07, 6.45) is 5.12. The first-order chi connectivity index (χ1) is 10.1. The van der Waals surface area contributed by atoms with Gasteiger partial charge in [-0.1, -0.05) is 0 Å². The molecule has 0 radical (unpaired) electrons. The maximum Gasteiger partial charge on any atom is 0.275 e. The van der Waals surface area contributed by atoms with E-state index in [9.17, 15) is 4.79 Å². The van der Waals surface area contributed by atoms with E-state index in [4.69, 9.17) is 5.73 Å². The monoisotopic (exact) mass is 300 g/mol. The number of aromatic nitrogens is 4. The van der Waals surface area contributed by atoms with Crippen LogP contribution in [-0.4, -0.2) is 25.4 Å². The van der Waals surface area contributed by atoms with Crippen molar-refractivity contribution in [1.82, 2.24) is 19.5 Å². The predicted molar refractivity (Wildman–Crippen MR) is 80.6 cm³/mol. The molecule has 3 rings (SSSR count). The number of amides is 1. The highest BCUT2D eigenvalue weighted by Crippen LogP contribution is 2.15. The molecule has 0 unspecified atom stereocenters. The first kappa shape index (κ1) is 13.3. The summed E-state index contributed by atoms with van der Waals surface area (Å²) in [6, 6.07) is 3.58. The molecule has 0 aliphatic rings. The van der Waals surface area contributed by atoms with Gasteiger partial charge in [0, 0.05) is 17.8 Å². The summed E-state index contributed by atoms with van der Waals surface area (Å²) >= 11 is 1.23. The SMILES string of the molecule is Cc1nccn1-c1ccc(NC(=O)c2csc(N)n2)cn1. The number of aryl methyl sites for hydroxylation is 1. The van der Waals surface area contributed by atoms with Crippen molar-refractivity contribution in [3.63, 3.8) is 0 Å². The lowest BCUT2D eigenvalue weighted by atomic mass is 10.3. The second-order valence-corrected chi connectivity index (χ2v) is 5.16. The molecule has 8 heteroatoms. The molecule has 3 heterocycles. The molecule has 0 atom stereocenters. The van der Waals surface area contributed by atoms with Gasteiger partial charge in [0.2, 0.25) is 0 Å². The zero-order valence-corrected chi connectivity index (χ0v) is 12.0. The third-order valence-electron chi connectivity index (χ3n) is 2.83. The molecule has 1 amide bonds. The van der Waals surface area contributed by atoms with E-state index >= 15 is 0 Å². The minimum absolute atomic E-state index is 0.298. The number of rotatable bonds is 3. The number of carbonyl (C=O) groups is 1. The number of thiazole rings is 1. The van der Waals surface area contributed by atoms with Crippen molar-refractivity contribution >= 4 is 28.1 Å². The van der Waals surface area contributed by atoms with Crippen molar-refractivity contribution in [3.05, 3.63) is 47.6 Å². The second-order valence-electron chi connectivity index (χ2n) is 4.27. The molecule has 7 nitrogen and oxygen atoms in total. The van der Waals surface area contributed by atoms with Gasteiger partial charge in [-0.25, -0.2) is 15.0 Å². The summed E-state index contributed by atoms with van der Waals surface area (Å²) < 4.78 is 1.85. The van der Waals surface area contributed by atoms with Gasteiger partial charge in [-0.05, 0) is 19.1 Å². The number of hydrogen-bond acceptors (Lipinski definition) is 6. The van der Waals surface area contributed by atoms with E-state index in [2.05, 4.69) is 20.3 Å². The molecule has 21 heavy (non-hydrogen) atoms. The van der Waals surface area contributed by atoms with Crippen LogP contribution >= 0.6 is 11.3 Å². The number of nitrogens with two attached hydrogens (primary N) is 1. The number of imidazole rings is 1. The summed E-state index contributed by atoms with van der Waals surface area (Å²) in [7, 11) is 0. The molecular weight excluding hydrogens is 288 g/mol. The van der Waals surface area contributed by atoms with Crippen molar-refractivity contribution in [2.45, 2.75) is 6.92 Å². The number of nitrogens with one attached hydrogen (secondary N) is 1. The van der Waals surface area contributed by atoms with Gasteiger partial charge in [-0.2, -0.15) is 0 Å². The largest absolute Gasteiger partial charge is 0.375 e. The van der Waals surface area contributed by atoms with Gasteiger partial charge in [0.1, 0.15) is 17.3 Å². The lowest BCUT2D eigenvalue weighted by molar-refractivity contribution is 0.102. The van der Waals surface area contributed by atoms with E-state index in [1.807, 2.05) is 17.7 Å². The van der Waals surface area contributed by atoms with Crippen LogP contribution in [0.4, 0.5) is 10.8 Å². The Morgan fingerprint density at radius 3 is 2.81 bits per heavy atom. The molecule has 3 aromatic heterocycles. The maximum atomic E-state index is 11.9. The Balaban J connectivity index is 1.76. The smallest absolute Gasteiger partial charge is 0.275 e. The molecule has 0 saturated carbocycles. The Bertz CT molecular complexity index is 776.